The summed E-state index contributed by atoms with van der Waals surface area (Å²) < 4.78 is 24.0. The van der Waals surface area contributed by atoms with E-state index in [9.17, 15) is 8.42 Å². The number of nitrogens with zero attached hydrogens (tertiary/aromatic N) is 2. The van der Waals surface area contributed by atoms with Gasteiger partial charge in [-0.25, -0.2) is 12.7 Å². The molecule has 0 fully saturated rings. The number of sulfonamides is 1. The Bertz CT molecular complexity index is 316. The first-order valence-corrected chi connectivity index (χ1v) is 5.87. The maximum absolute atomic E-state index is 11.4. The Labute approximate surface area is 85.5 Å². The smallest absolute Gasteiger partial charge is 0.227 e. The van der Waals surface area contributed by atoms with Gasteiger partial charge in [0.1, 0.15) is 0 Å². The third-order valence-corrected chi connectivity index (χ3v) is 3.50. The summed E-state index contributed by atoms with van der Waals surface area (Å²) in [4.78, 5) is 0. The third-order valence-electron chi connectivity index (χ3n) is 1.93. The molecule has 0 saturated carbocycles. The quantitative estimate of drug-likeness (QED) is 0.691. The molecule has 0 amide bonds. The highest BCUT2D eigenvalue weighted by atomic mass is 32.2. The predicted molar refractivity (Wildman–Crippen MR) is 54.9 cm³/mol. The fourth-order valence-electron chi connectivity index (χ4n) is 0.957. The van der Waals surface area contributed by atoms with Crippen molar-refractivity contribution in [3.63, 3.8) is 0 Å². The van der Waals surface area contributed by atoms with Gasteiger partial charge in [-0.2, -0.15) is 5.26 Å². The van der Waals surface area contributed by atoms with E-state index in [1.54, 1.807) is 6.07 Å². The minimum absolute atomic E-state index is 0.267. The lowest BCUT2D eigenvalue weighted by Gasteiger charge is -2.27. The van der Waals surface area contributed by atoms with Crippen LogP contribution >= 0.6 is 0 Å². The molecule has 5 nitrogen and oxygen atoms in total. The number of nitriles is 1. The Hall–Kier alpha value is -0.640. The van der Waals surface area contributed by atoms with E-state index in [0.29, 0.717) is 13.1 Å². The molecule has 0 radical (unpaired) electrons. The molecule has 0 rings (SSSR count). The lowest BCUT2D eigenvalue weighted by atomic mass is 9.94. The summed E-state index contributed by atoms with van der Waals surface area (Å²) in [6.45, 7) is 4.49. The summed E-state index contributed by atoms with van der Waals surface area (Å²) in [5, 5.41) is 8.33. The van der Waals surface area contributed by atoms with E-state index in [1.807, 2.05) is 13.8 Å². The Morgan fingerprint density at radius 1 is 1.50 bits per heavy atom. The van der Waals surface area contributed by atoms with Crippen LogP contribution in [0, 0.1) is 16.7 Å². The molecule has 14 heavy (non-hydrogen) atoms. The second-order valence-corrected chi connectivity index (χ2v) is 6.11. The summed E-state index contributed by atoms with van der Waals surface area (Å²) in [6, 6.07) is 1.63. The van der Waals surface area contributed by atoms with Gasteiger partial charge in [-0.1, -0.05) is 13.8 Å². The zero-order chi connectivity index (χ0) is 11.4. The largest absolute Gasteiger partial charge is 0.330 e. The van der Waals surface area contributed by atoms with Gasteiger partial charge in [0, 0.05) is 13.6 Å². The molecule has 2 N–H and O–H groups in total. The molecule has 0 aromatic rings. The number of hydrogen-bond donors (Lipinski definition) is 1. The molecule has 0 aliphatic carbocycles. The molecule has 0 aromatic carbocycles. The van der Waals surface area contributed by atoms with Crippen molar-refractivity contribution in [2.45, 2.75) is 13.8 Å². The van der Waals surface area contributed by atoms with Crippen molar-refractivity contribution in [2.24, 2.45) is 11.1 Å². The highest BCUT2D eigenvalue weighted by Crippen LogP contribution is 2.15. The van der Waals surface area contributed by atoms with Crippen LogP contribution in [-0.2, 0) is 10.0 Å². The third kappa shape index (κ3) is 4.05. The van der Waals surface area contributed by atoms with Crippen LogP contribution in [0.25, 0.3) is 0 Å². The van der Waals surface area contributed by atoms with Crippen LogP contribution in [0.2, 0.25) is 0 Å². The van der Waals surface area contributed by atoms with Gasteiger partial charge < -0.3 is 5.73 Å². The monoisotopic (exact) mass is 219 g/mol. The van der Waals surface area contributed by atoms with E-state index in [-0.39, 0.29) is 5.41 Å². The van der Waals surface area contributed by atoms with Crippen LogP contribution in [0.5, 0.6) is 0 Å². The molecule has 0 atom stereocenters. The van der Waals surface area contributed by atoms with Gasteiger partial charge in [0.15, 0.2) is 5.75 Å². The van der Waals surface area contributed by atoms with E-state index < -0.39 is 15.8 Å². The van der Waals surface area contributed by atoms with E-state index in [1.165, 1.54) is 11.4 Å². The number of rotatable bonds is 5. The summed E-state index contributed by atoms with van der Waals surface area (Å²) >= 11 is 0. The first-order chi connectivity index (χ1) is 6.25. The molecular weight excluding hydrogens is 202 g/mol. The van der Waals surface area contributed by atoms with E-state index in [0.717, 1.165) is 0 Å². The predicted octanol–water partition coefficient (Wildman–Crippen LogP) is -0.244. The van der Waals surface area contributed by atoms with E-state index >= 15 is 0 Å². The van der Waals surface area contributed by atoms with Gasteiger partial charge in [-0.05, 0) is 12.0 Å². The van der Waals surface area contributed by atoms with Crippen LogP contribution in [0.15, 0.2) is 0 Å². The first kappa shape index (κ1) is 13.4. The van der Waals surface area contributed by atoms with Crippen LogP contribution in [0.3, 0.4) is 0 Å². The molecule has 0 bridgehead atoms. The SMILES string of the molecule is CN(CC(C)(C)CN)S(=O)(=O)CC#N. The minimum atomic E-state index is -3.44. The average molecular weight is 219 g/mol. The van der Waals surface area contributed by atoms with Crippen LogP contribution in [0.1, 0.15) is 13.8 Å². The molecule has 0 aliphatic heterocycles. The minimum Gasteiger partial charge on any atom is -0.330 e. The van der Waals surface area contributed by atoms with Crippen LogP contribution < -0.4 is 5.73 Å². The molecule has 0 aromatic heterocycles. The zero-order valence-corrected chi connectivity index (χ0v) is 9.63. The van der Waals surface area contributed by atoms with Crippen LogP contribution in [-0.4, -0.2) is 38.6 Å². The molecule has 0 spiro atoms. The molecule has 0 heterocycles. The zero-order valence-electron chi connectivity index (χ0n) is 8.82. The maximum Gasteiger partial charge on any atom is 0.227 e. The average Bonchev–Trinajstić information content (AvgIpc) is 2.03. The molecule has 6 heteroatoms. The summed E-state index contributed by atoms with van der Waals surface area (Å²) in [6.07, 6.45) is 0. The molecule has 0 aliphatic rings. The highest BCUT2D eigenvalue weighted by molar-refractivity contribution is 7.89. The van der Waals surface area contributed by atoms with Gasteiger partial charge in [0.25, 0.3) is 0 Å². The molecular formula is C8H17N3O2S. The van der Waals surface area contributed by atoms with Crippen molar-refractivity contribution in [3.8, 4) is 6.07 Å². The second kappa shape index (κ2) is 4.73. The Morgan fingerprint density at radius 2 is 2.00 bits per heavy atom. The van der Waals surface area contributed by atoms with Gasteiger partial charge in [-0.3, -0.25) is 0 Å². The van der Waals surface area contributed by atoms with E-state index in [4.69, 9.17) is 11.0 Å². The summed E-state index contributed by atoms with van der Waals surface area (Å²) in [5.74, 6) is -0.482. The highest BCUT2D eigenvalue weighted by Gasteiger charge is 2.25. The standard InChI is InChI=1S/C8H17N3O2S/c1-8(2,6-10)7-11(3)14(12,13)5-4-9/h5-7,10H2,1-3H3. The normalized spacial score (nSPS) is 12.9. The topological polar surface area (TPSA) is 87.2 Å². The van der Waals surface area contributed by atoms with Crippen molar-refractivity contribution in [1.29, 1.82) is 5.26 Å². The summed E-state index contributed by atoms with van der Waals surface area (Å²) in [5.41, 5.74) is 5.22. The van der Waals surface area contributed by atoms with Crippen LogP contribution in [0.4, 0.5) is 0 Å². The van der Waals surface area contributed by atoms with Gasteiger partial charge >= 0.3 is 0 Å². The van der Waals surface area contributed by atoms with Crippen molar-refractivity contribution < 1.29 is 8.42 Å². The van der Waals surface area contributed by atoms with E-state index in [2.05, 4.69) is 0 Å². The fourth-order valence-corrected chi connectivity index (χ4v) is 1.89. The molecule has 0 unspecified atom stereocenters. The molecule has 0 saturated heterocycles. The molecule has 82 valence electrons. The van der Waals surface area contributed by atoms with Gasteiger partial charge in [0.05, 0.1) is 6.07 Å². The fraction of sp³-hybridized carbons (Fsp3) is 0.875. The number of nitrogens with two attached hydrogens (primary N) is 1. The lowest BCUT2D eigenvalue weighted by molar-refractivity contribution is 0.292. The maximum atomic E-state index is 11.4. The summed E-state index contributed by atoms with van der Waals surface area (Å²) in [7, 11) is -1.97. The van der Waals surface area contributed by atoms with Crippen molar-refractivity contribution in [2.75, 3.05) is 25.9 Å². The first-order valence-electron chi connectivity index (χ1n) is 4.26. The number of hydrogen-bond acceptors (Lipinski definition) is 4. The van der Waals surface area contributed by atoms with Crippen molar-refractivity contribution in [1.82, 2.24) is 4.31 Å². The van der Waals surface area contributed by atoms with Gasteiger partial charge in [0.2, 0.25) is 10.0 Å². The Kier molecular flexibility index (Phi) is 4.52. The van der Waals surface area contributed by atoms with Gasteiger partial charge in [-0.15, -0.1) is 0 Å². The Balaban J connectivity index is 4.52. The second-order valence-electron chi connectivity index (χ2n) is 4.04. The Morgan fingerprint density at radius 3 is 2.36 bits per heavy atom. The van der Waals surface area contributed by atoms with Crippen molar-refractivity contribution in [3.05, 3.63) is 0 Å². The lowest BCUT2D eigenvalue weighted by Crippen LogP contribution is -2.40. The van der Waals surface area contributed by atoms with Crippen molar-refractivity contribution >= 4 is 10.0 Å².